The predicted octanol–water partition coefficient (Wildman–Crippen LogP) is 1.91. The molecule has 0 aromatic carbocycles. The molecule has 2 saturated heterocycles. The number of hydrogen-bond donors (Lipinski definition) is 4. The molecule has 5 atom stereocenters. The summed E-state index contributed by atoms with van der Waals surface area (Å²) >= 11 is 1.90. The molecule has 15 heteroatoms. The molecule has 50 heavy (non-hydrogen) atoms. The van der Waals surface area contributed by atoms with E-state index in [-0.39, 0.29) is 48.0 Å². The Bertz CT molecular complexity index is 1130. The summed E-state index contributed by atoms with van der Waals surface area (Å²) < 4.78 is 28.0. The minimum Gasteiger partial charge on any atom is -0.379 e. The second-order valence-corrected chi connectivity index (χ2v) is 14.6. The summed E-state index contributed by atoms with van der Waals surface area (Å²) in [5.74, 6) is 1.03. The third-order valence-electron chi connectivity index (χ3n) is 9.60. The van der Waals surface area contributed by atoms with Crippen molar-refractivity contribution in [3.8, 4) is 0 Å². The standard InChI is InChI=1S/C35H59N5O9S/c1-45-28-23-40(15-12-25-22-26(25)34(28)46-2)32(43)11-5-10-31(42)37-14-7-17-48-19-21-49-20-18-47-16-6-13-36-30(41)9-4-3-8-29-33-27(24-50-29)38-35(44)39-33/h27-29,33-34H,3-24H2,1-2H3,(H,36,41)(H,37,42)(H2,38,39,44)/t27-,28-,29-,33-,34-/m0/s1. The zero-order chi connectivity index (χ0) is 35.6. The smallest absolute Gasteiger partial charge is 0.315 e. The van der Waals surface area contributed by atoms with Gasteiger partial charge in [0.1, 0.15) is 12.2 Å². The van der Waals surface area contributed by atoms with E-state index < -0.39 is 0 Å². The van der Waals surface area contributed by atoms with Gasteiger partial charge in [-0.25, -0.2) is 4.79 Å². The van der Waals surface area contributed by atoms with Gasteiger partial charge in [0.05, 0.1) is 38.5 Å². The summed E-state index contributed by atoms with van der Waals surface area (Å²) in [7, 11) is 3.35. The zero-order valence-electron chi connectivity index (χ0n) is 30.0. The van der Waals surface area contributed by atoms with Crippen molar-refractivity contribution in [2.45, 2.75) is 100 Å². The molecule has 4 rings (SSSR count). The third kappa shape index (κ3) is 13.9. The molecule has 0 radical (unpaired) electrons. The number of thioether (sulfide) groups is 1. The Morgan fingerprint density at radius 2 is 1.48 bits per heavy atom. The zero-order valence-corrected chi connectivity index (χ0v) is 30.8. The summed E-state index contributed by atoms with van der Waals surface area (Å²) in [6.07, 6.45) is 7.60. The van der Waals surface area contributed by atoms with Crippen LogP contribution in [0.5, 0.6) is 0 Å². The van der Waals surface area contributed by atoms with Crippen LogP contribution in [0.3, 0.4) is 0 Å². The fourth-order valence-electron chi connectivity index (χ4n) is 6.71. The van der Waals surface area contributed by atoms with Crippen molar-refractivity contribution in [2.75, 3.05) is 85.8 Å². The number of nitrogens with one attached hydrogen (secondary N) is 4. The highest BCUT2D eigenvalue weighted by molar-refractivity contribution is 8.00. The van der Waals surface area contributed by atoms with Crippen molar-refractivity contribution in [2.24, 2.45) is 0 Å². The van der Waals surface area contributed by atoms with Crippen LogP contribution in [0.4, 0.5) is 4.79 Å². The number of methoxy groups -OCH3 is 2. The topological polar surface area (TPSA) is 166 Å². The maximum atomic E-state index is 12.9. The second-order valence-electron chi connectivity index (χ2n) is 13.3. The van der Waals surface area contributed by atoms with Gasteiger partial charge in [0.15, 0.2) is 0 Å². The molecule has 3 heterocycles. The van der Waals surface area contributed by atoms with Crippen LogP contribution in [0.2, 0.25) is 0 Å². The fraction of sp³-hybridized carbons (Fsp3) is 0.829. The van der Waals surface area contributed by atoms with E-state index in [1.165, 1.54) is 11.1 Å². The first-order valence-electron chi connectivity index (χ1n) is 18.4. The van der Waals surface area contributed by atoms with Gasteiger partial charge in [-0.05, 0) is 50.5 Å². The molecule has 2 fully saturated rings. The SMILES string of the molecule is CO[C@H]1CN(C(=O)CCCC(=O)NCCCOCCOCCOCCCNC(=O)CCCC[C@@H]2SC[C@@H]3NC(=O)N[C@@H]32)CCC2=C(C2)[C@@H]1OC. The second kappa shape index (κ2) is 22.5. The van der Waals surface area contributed by atoms with Crippen LogP contribution < -0.4 is 21.3 Å². The predicted molar refractivity (Wildman–Crippen MR) is 190 cm³/mol. The Balaban J connectivity index is 0.859. The lowest BCUT2D eigenvalue weighted by Crippen LogP contribution is -2.44. The summed E-state index contributed by atoms with van der Waals surface area (Å²) in [5, 5.41) is 12.3. The Hall–Kier alpha value is -2.43. The monoisotopic (exact) mass is 725 g/mol. The number of hydrogen-bond acceptors (Lipinski definition) is 10. The summed E-state index contributed by atoms with van der Waals surface area (Å²) in [5.41, 5.74) is 2.70. The molecule has 0 bridgehead atoms. The summed E-state index contributed by atoms with van der Waals surface area (Å²) in [6.45, 7) is 5.31. The average molecular weight is 726 g/mol. The van der Waals surface area contributed by atoms with Crippen molar-refractivity contribution >= 4 is 35.5 Å². The highest BCUT2D eigenvalue weighted by Crippen LogP contribution is 2.40. The number of ether oxygens (including phenoxy) is 5. The summed E-state index contributed by atoms with van der Waals surface area (Å²) in [4.78, 5) is 50.5. The normalized spacial score (nSPS) is 24.2. The third-order valence-corrected chi connectivity index (χ3v) is 11.1. The van der Waals surface area contributed by atoms with Crippen molar-refractivity contribution in [1.29, 1.82) is 0 Å². The molecular weight excluding hydrogens is 666 g/mol. The molecule has 4 aliphatic rings. The van der Waals surface area contributed by atoms with Gasteiger partial charge >= 0.3 is 6.03 Å². The fourth-order valence-corrected chi connectivity index (χ4v) is 8.25. The lowest BCUT2D eigenvalue weighted by atomic mass is 10.0. The number of rotatable bonds is 25. The van der Waals surface area contributed by atoms with Crippen molar-refractivity contribution in [1.82, 2.24) is 26.2 Å². The number of unbranched alkanes of at least 4 members (excludes halogenated alkanes) is 1. The first-order valence-corrected chi connectivity index (χ1v) is 19.4. The minimum absolute atomic E-state index is 0.0541. The van der Waals surface area contributed by atoms with Crippen LogP contribution in [0.15, 0.2) is 11.1 Å². The number of fused-ring (bicyclic) bond motifs is 1. The lowest BCUT2D eigenvalue weighted by Gasteiger charge is -2.31. The van der Waals surface area contributed by atoms with E-state index in [4.69, 9.17) is 23.7 Å². The van der Waals surface area contributed by atoms with E-state index in [0.29, 0.717) is 103 Å². The molecule has 284 valence electrons. The maximum absolute atomic E-state index is 12.9. The lowest BCUT2D eigenvalue weighted by molar-refractivity contribution is -0.134. The van der Waals surface area contributed by atoms with Gasteiger partial charge in [0, 0.05) is 83.9 Å². The van der Waals surface area contributed by atoms with Crippen molar-refractivity contribution < 1.29 is 42.9 Å². The molecule has 4 N–H and O–H groups in total. The van der Waals surface area contributed by atoms with Crippen LogP contribution in [0.25, 0.3) is 0 Å². The Kier molecular flexibility index (Phi) is 18.1. The molecule has 5 amide bonds. The van der Waals surface area contributed by atoms with Crippen LogP contribution in [0, 0.1) is 0 Å². The molecule has 0 spiro atoms. The average Bonchev–Trinajstić information content (AvgIpc) is 3.60. The highest BCUT2D eigenvalue weighted by atomic mass is 32.2. The van der Waals surface area contributed by atoms with Gasteiger partial charge < -0.3 is 49.9 Å². The minimum atomic E-state index is -0.174. The Morgan fingerprint density at radius 1 is 0.820 bits per heavy atom. The maximum Gasteiger partial charge on any atom is 0.315 e. The first-order chi connectivity index (χ1) is 24.4. The van der Waals surface area contributed by atoms with Crippen molar-refractivity contribution in [3.05, 3.63) is 11.1 Å². The molecule has 1 aliphatic carbocycles. The van der Waals surface area contributed by atoms with Gasteiger partial charge in [-0.15, -0.1) is 0 Å². The van der Waals surface area contributed by atoms with E-state index in [2.05, 4.69) is 21.3 Å². The van der Waals surface area contributed by atoms with Crippen LogP contribution in [-0.4, -0.2) is 144 Å². The highest BCUT2D eigenvalue weighted by Gasteiger charge is 2.42. The number of carbonyl (C=O) groups excluding carboxylic acids is 4. The molecule has 0 saturated carbocycles. The molecule has 0 aromatic heterocycles. The van der Waals surface area contributed by atoms with Gasteiger partial charge in [0.2, 0.25) is 17.7 Å². The molecule has 0 unspecified atom stereocenters. The van der Waals surface area contributed by atoms with Gasteiger partial charge in [-0.1, -0.05) is 12.0 Å². The van der Waals surface area contributed by atoms with Gasteiger partial charge in [0.25, 0.3) is 0 Å². The molecule has 3 aliphatic heterocycles. The van der Waals surface area contributed by atoms with E-state index >= 15 is 0 Å². The van der Waals surface area contributed by atoms with Crippen LogP contribution >= 0.6 is 11.8 Å². The van der Waals surface area contributed by atoms with Gasteiger partial charge in [-0.3, -0.25) is 14.4 Å². The van der Waals surface area contributed by atoms with Crippen molar-refractivity contribution in [3.63, 3.8) is 0 Å². The molecular formula is C35H59N5O9S. The van der Waals surface area contributed by atoms with E-state index in [9.17, 15) is 19.2 Å². The molecule has 0 aromatic rings. The number of amides is 5. The number of urea groups is 1. The quantitative estimate of drug-likeness (QED) is 0.0621. The number of carbonyl (C=O) groups is 4. The first kappa shape index (κ1) is 40.3. The number of nitrogens with zero attached hydrogens (tertiary/aromatic N) is 1. The summed E-state index contributed by atoms with van der Waals surface area (Å²) in [6, 6.07) is 0.409. The van der Waals surface area contributed by atoms with Crippen LogP contribution in [0.1, 0.15) is 70.6 Å². The van der Waals surface area contributed by atoms with E-state index in [0.717, 1.165) is 44.3 Å². The largest absolute Gasteiger partial charge is 0.379 e. The Morgan fingerprint density at radius 3 is 2.14 bits per heavy atom. The van der Waals surface area contributed by atoms with Gasteiger partial charge in [-0.2, -0.15) is 11.8 Å². The van der Waals surface area contributed by atoms with E-state index in [1.807, 2.05) is 16.7 Å². The molecule has 14 nitrogen and oxygen atoms in total. The van der Waals surface area contributed by atoms with E-state index in [1.54, 1.807) is 14.2 Å². The van der Waals surface area contributed by atoms with Crippen LogP contribution in [-0.2, 0) is 38.1 Å². The Labute approximate surface area is 301 Å².